The van der Waals surface area contributed by atoms with Crippen LogP contribution in [0.25, 0.3) is 0 Å². The van der Waals surface area contributed by atoms with Crippen LogP contribution < -0.4 is 10.5 Å². The van der Waals surface area contributed by atoms with E-state index >= 15 is 0 Å². The smallest absolute Gasteiger partial charge is 0.404 e. The molecule has 0 spiro atoms. The van der Waals surface area contributed by atoms with E-state index in [9.17, 15) is 26.7 Å². The number of benzene rings is 1. The van der Waals surface area contributed by atoms with E-state index in [1.54, 1.807) is 0 Å². The number of carbonyl (C=O) groups excluding carboxylic acids is 1. The average molecular weight is 255 g/mol. The summed E-state index contributed by atoms with van der Waals surface area (Å²) in [6, 6.07) is 2.58. The lowest BCUT2D eigenvalue weighted by molar-refractivity contribution is -0.275. The zero-order valence-electron chi connectivity index (χ0n) is 8.09. The molecule has 1 aromatic carbocycles. The highest BCUT2D eigenvalue weighted by Crippen LogP contribution is 2.35. The molecule has 0 saturated carbocycles. The van der Waals surface area contributed by atoms with Gasteiger partial charge in [-0.1, -0.05) is 6.07 Å². The molecule has 0 saturated heterocycles. The predicted octanol–water partition coefficient (Wildman–Crippen LogP) is 2.62. The molecule has 0 atom stereocenters. The Hall–Kier alpha value is -1.86. The van der Waals surface area contributed by atoms with Crippen LogP contribution in [0.5, 0.6) is 5.75 Å². The van der Waals surface area contributed by atoms with Crippen LogP contribution in [0.3, 0.4) is 0 Å². The molecular weight excluding hydrogens is 249 g/mol. The Labute approximate surface area is 92.0 Å². The molecule has 94 valence electrons. The van der Waals surface area contributed by atoms with Gasteiger partial charge in [0.05, 0.1) is 11.1 Å². The second kappa shape index (κ2) is 4.56. The SMILES string of the molecule is NC(=O)c1cccc(C(F)F)c1OC(F)(F)F. The summed E-state index contributed by atoms with van der Waals surface area (Å²) in [6.07, 6.45) is -8.40. The van der Waals surface area contributed by atoms with Gasteiger partial charge in [0.25, 0.3) is 12.3 Å². The summed E-state index contributed by atoms with van der Waals surface area (Å²) in [5.74, 6) is -2.55. The van der Waals surface area contributed by atoms with Crippen LogP contribution in [0, 0.1) is 0 Å². The number of amides is 1. The molecule has 0 aromatic heterocycles. The summed E-state index contributed by atoms with van der Waals surface area (Å²) in [5.41, 5.74) is 2.98. The van der Waals surface area contributed by atoms with Crippen molar-refractivity contribution in [2.45, 2.75) is 12.8 Å². The van der Waals surface area contributed by atoms with Gasteiger partial charge in [-0.15, -0.1) is 13.2 Å². The topological polar surface area (TPSA) is 52.3 Å². The van der Waals surface area contributed by atoms with Crippen molar-refractivity contribution in [3.8, 4) is 5.75 Å². The Balaban J connectivity index is 3.34. The molecule has 0 radical (unpaired) electrons. The zero-order chi connectivity index (χ0) is 13.2. The number of ether oxygens (including phenoxy) is 1. The summed E-state index contributed by atoms with van der Waals surface area (Å²) >= 11 is 0. The number of rotatable bonds is 3. The lowest BCUT2D eigenvalue weighted by Crippen LogP contribution is -2.22. The molecular formula is C9H6F5NO2. The van der Waals surface area contributed by atoms with Crippen LogP contribution >= 0.6 is 0 Å². The maximum atomic E-state index is 12.4. The normalized spacial score (nSPS) is 11.6. The third-order valence-electron chi connectivity index (χ3n) is 1.76. The third kappa shape index (κ3) is 3.30. The van der Waals surface area contributed by atoms with Gasteiger partial charge in [-0.25, -0.2) is 8.78 Å². The predicted molar refractivity (Wildman–Crippen MR) is 46.6 cm³/mol. The fourth-order valence-corrected chi connectivity index (χ4v) is 1.15. The molecule has 1 aromatic rings. The van der Waals surface area contributed by atoms with Gasteiger partial charge in [-0.3, -0.25) is 4.79 Å². The number of hydrogen-bond donors (Lipinski definition) is 1. The Kier molecular flexibility index (Phi) is 3.54. The summed E-state index contributed by atoms with van der Waals surface area (Å²) in [5, 5.41) is 0. The summed E-state index contributed by atoms with van der Waals surface area (Å²) < 4.78 is 64.3. The average Bonchev–Trinajstić information content (AvgIpc) is 2.14. The van der Waals surface area contributed by atoms with Crippen LogP contribution in [0.1, 0.15) is 22.3 Å². The molecule has 0 fully saturated rings. The van der Waals surface area contributed by atoms with E-state index < -0.39 is 35.6 Å². The van der Waals surface area contributed by atoms with Crippen molar-refractivity contribution in [1.82, 2.24) is 0 Å². The second-order valence-electron chi connectivity index (χ2n) is 2.94. The van der Waals surface area contributed by atoms with E-state index in [0.717, 1.165) is 18.2 Å². The van der Waals surface area contributed by atoms with Gasteiger partial charge in [0.2, 0.25) is 0 Å². The molecule has 0 heterocycles. The number of carbonyl (C=O) groups is 1. The fraction of sp³-hybridized carbons (Fsp3) is 0.222. The second-order valence-corrected chi connectivity index (χ2v) is 2.94. The van der Waals surface area contributed by atoms with E-state index in [1.807, 2.05) is 0 Å². The molecule has 0 aliphatic heterocycles. The molecule has 0 aliphatic carbocycles. The summed E-state index contributed by atoms with van der Waals surface area (Å²) in [6.45, 7) is 0. The molecule has 17 heavy (non-hydrogen) atoms. The van der Waals surface area contributed by atoms with Crippen molar-refractivity contribution in [2.24, 2.45) is 5.73 Å². The first kappa shape index (κ1) is 13.2. The molecule has 3 nitrogen and oxygen atoms in total. The minimum Gasteiger partial charge on any atom is -0.404 e. The quantitative estimate of drug-likeness (QED) is 0.844. The van der Waals surface area contributed by atoms with E-state index in [-0.39, 0.29) is 0 Å². The summed E-state index contributed by atoms with van der Waals surface area (Å²) in [4.78, 5) is 10.8. The minimum absolute atomic E-state index is 0.720. The Morgan fingerprint density at radius 3 is 2.29 bits per heavy atom. The fourth-order valence-electron chi connectivity index (χ4n) is 1.15. The number of nitrogens with two attached hydrogens (primary N) is 1. The maximum Gasteiger partial charge on any atom is 0.573 e. The minimum atomic E-state index is -5.19. The van der Waals surface area contributed by atoms with Crippen LogP contribution in [0.2, 0.25) is 0 Å². The molecule has 8 heteroatoms. The van der Waals surface area contributed by atoms with Crippen molar-refractivity contribution in [3.05, 3.63) is 29.3 Å². The van der Waals surface area contributed by atoms with Crippen LogP contribution in [0.4, 0.5) is 22.0 Å². The van der Waals surface area contributed by atoms with Gasteiger partial charge >= 0.3 is 6.36 Å². The maximum absolute atomic E-state index is 12.4. The number of halogens is 5. The molecule has 0 bridgehead atoms. The van der Waals surface area contributed by atoms with Gasteiger partial charge in [-0.2, -0.15) is 0 Å². The van der Waals surface area contributed by atoms with Gasteiger partial charge < -0.3 is 10.5 Å². The Morgan fingerprint density at radius 1 is 1.29 bits per heavy atom. The van der Waals surface area contributed by atoms with Gasteiger partial charge in [0, 0.05) is 0 Å². The molecule has 1 amide bonds. The Morgan fingerprint density at radius 2 is 1.88 bits per heavy atom. The molecule has 2 N–H and O–H groups in total. The largest absolute Gasteiger partial charge is 0.573 e. The van der Waals surface area contributed by atoms with Gasteiger partial charge in [0.1, 0.15) is 0 Å². The van der Waals surface area contributed by atoms with Crippen molar-refractivity contribution in [3.63, 3.8) is 0 Å². The summed E-state index contributed by atoms with van der Waals surface area (Å²) in [7, 11) is 0. The highest BCUT2D eigenvalue weighted by molar-refractivity contribution is 5.96. The first-order valence-corrected chi connectivity index (χ1v) is 4.19. The number of para-hydroxylation sites is 1. The van der Waals surface area contributed by atoms with Crippen LogP contribution in [-0.4, -0.2) is 12.3 Å². The molecule has 0 aliphatic rings. The van der Waals surface area contributed by atoms with E-state index in [2.05, 4.69) is 4.74 Å². The number of hydrogen-bond acceptors (Lipinski definition) is 2. The number of alkyl halides is 5. The lowest BCUT2D eigenvalue weighted by Gasteiger charge is -2.15. The highest BCUT2D eigenvalue weighted by atomic mass is 19.4. The molecule has 1 rings (SSSR count). The first-order chi connectivity index (χ1) is 7.72. The lowest BCUT2D eigenvalue weighted by atomic mass is 10.1. The monoisotopic (exact) mass is 255 g/mol. The number of primary amides is 1. The standard InChI is InChI=1S/C9H6F5NO2/c10-7(11)4-2-1-3-5(8(15)16)6(4)17-9(12,13)14/h1-3,7H,(H2,15,16). The van der Waals surface area contributed by atoms with E-state index in [0.29, 0.717) is 0 Å². The highest BCUT2D eigenvalue weighted by Gasteiger charge is 2.35. The third-order valence-corrected chi connectivity index (χ3v) is 1.76. The first-order valence-electron chi connectivity index (χ1n) is 4.19. The van der Waals surface area contributed by atoms with Gasteiger partial charge in [-0.05, 0) is 12.1 Å². The Bertz CT molecular complexity index is 430. The van der Waals surface area contributed by atoms with Crippen LogP contribution in [0.15, 0.2) is 18.2 Å². The van der Waals surface area contributed by atoms with Gasteiger partial charge in [0.15, 0.2) is 5.75 Å². The van der Waals surface area contributed by atoms with Crippen molar-refractivity contribution < 1.29 is 31.5 Å². The van der Waals surface area contributed by atoms with Crippen LogP contribution in [-0.2, 0) is 0 Å². The van der Waals surface area contributed by atoms with Crippen molar-refractivity contribution >= 4 is 5.91 Å². The van der Waals surface area contributed by atoms with E-state index in [1.165, 1.54) is 0 Å². The zero-order valence-corrected chi connectivity index (χ0v) is 8.09. The van der Waals surface area contributed by atoms with Crippen molar-refractivity contribution in [1.29, 1.82) is 0 Å². The van der Waals surface area contributed by atoms with E-state index in [4.69, 9.17) is 5.73 Å². The van der Waals surface area contributed by atoms with Crippen molar-refractivity contribution in [2.75, 3.05) is 0 Å². The molecule has 0 unspecified atom stereocenters.